The van der Waals surface area contributed by atoms with Gasteiger partial charge in [0.05, 0.1) is 32.3 Å². The van der Waals surface area contributed by atoms with Crippen LogP contribution in [0.1, 0.15) is 6.42 Å². The van der Waals surface area contributed by atoms with Crippen molar-refractivity contribution in [3.05, 3.63) is 0 Å². The molecule has 0 aliphatic carbocycles. The maximum atomic E-state index is 11.8. The summed E-state index contributed by atoms with van der Waals surface area (Å²) in [5.41, 5.74) is 2.38. The molecule has 1 atom stereocenters. The van der Waals surface area contributed by atoms with E-state index in [2.05, 4.69) is 20.7 Å². The average Bonchev–Trinajstić information content (AvgIpc) is 2.86. The van der Waals surface area contributed by atoms with Crippen molar-refractivity contribution in [2.24, 2.45) is 5.10 Å². The van der Waals surface area contributed by atoms with Gasteiger partial charge in [-0.2, -0.15) is 5.10 Å². The van der Waals surface area contributed by atoms with Crippen LogP contribution in [-0.2, 0) is 14.3 Å². The van der Waals surface area contributed by atoms with Gasteiger partial charge in [-0.3, -0.25) is 14.5 Å². The molecule has 8 nitrogen and oxygen atoms in total. The molecule has 3 N–H and O–H groups in total. The average molecular weight is 270 g/mol. The Morgan fingerprint density at radius 3 is 2.84 bits per heavy atom. The lowest BCUT2D eigenvalue weighted by molar-refractivity contribution is -0.120. The van der Waals surface area contributed by atoms with Crippen molar-refractivity contribution >= 4 is 17.5 Å². The normalized spacial score (nSPS) is 21.7. The molecule has 2 aliphatic rings. The standard InChI is InChI=1S/C11H18N4O4/c16-7-8(6-15-1-3-19-4-2-15)12-11(18)9-5-10(17)14-13-9/h8,16H,1-7H2,(H,12,18)(H,14,17). The molecule has 0 aromatic heterocycles. The molecular weight excluding hydrogens is 252 g/mol. The van der Waals surface area contributed by atoms with Gasteiger partial charge in [-0.15, -0.1) is 0 Å². The van der Waals surface area contributed by atoms with Gasteiger partial charge in [0.2, 0.25) is 5.91 Å². The van der Waals surface area contributed by atoms with Gasteiger partial charge < -0.3 is 15.2 Å². The number of aliphatic hydroxyl groups is 1. The number of amides is 2. The van der Waals surface area contributed by atoms with Crippen molar-refractivity contribution in [3.63, 3.8) is 0 Å². The molecule has 1 saturated heterocycles. The summed E-state index contributed by atoms with van der Waals surface area (Å²) in [6.07, 6.45) is -0.0124. The van der Waals surface area contributed by atoms with Crippen molar-refractivity contribution in [3.8, 4) is 0 Å². The molecule has 19 heavy (non-hydrogen) atoms. The van der Waals surface area contributed by atoms with Crippen LogP contribution in [0.5, 0.6) is 0 Å². The predicted molar refractivity (Wildman–Crippen MR) is 66.5 cm³/mol. The summed E-state index contributed by atoms with van der Waals surface area (Å²) in [4.78, 5) is 24.9. The summed E-state index contributed by atoms with van der Waals surface area (Å²) in [7, 11) is 0. The van der Waals surface area contributed by atoms with E-state index in [9.17, 15) is 14.7 Å². The van der Waals surface area contributed by atoms with Crippen molar-refractivity contribution in [1.82, 2.24) is 15.6 Å². The molecule has 106 valence electrons. The molecule has 0 radical (unpaired) electrons. The van der Waals surface area contributed by atoms with E-state index in [-0.39, 0.29) is 30.7 Å². The third-order valence-electron chi connectivity index (χ3n) is 3.04. The number of hydrogen-bond acceptors (Lipinski definition) is 6. The third-order valence-corrected chi connectivity index (χ3v) is 3.04. The highest BCUT2D eigenvalue weighted by atomic mass is 16.5. The lowest BCUT2D eigenvalue weighted by atomic mass is 10.2. The maximum absolute atomic E-state index is 11.8. The van der Waals surface area contributed by atoms with E-state index in [1.807, 2.05) is 0 Å². The number of nitrogens with zero attached hydrogens (tertiary/aromatic N) is 2. The zero-order valence-electron chi connectivity index (χ0n) is 10.6. The fraction of sp³-hybridized carbons (Fsp3) is 0.727. The van der Waals surface area contributed by atoms with E-state index in [0.29, 0.717) is 19.8 Å². The second kappa shape index (κ2) is 6.60. The number of ether oxygens (including phenoxy) is 1. The van der Waals surface area contributed by atoms with Gasteiger partial charge in [-0.05, 0) is 0 Å². The topological polar surface area (TPSA) is 103 Å². The van der Waals surface area contributed by atoms with Gasteiger partial charge >= 0.3 is 0 Å². The SMILES string of the molecule is O=C1CC(C(=O)NC(CO)CN2CCOCC2)=NN1. The van der Waals surface area contributed by atoms with E-state index in [1.165, 1.54) is 0 Å². The van der Waals surface area contributed by atoms with Gasteiger partial charge in [0, 0.05) is 19.6 Å². The van der Waals surface area contributed by atoms with E-state index >= 15 is 0 Å². The first-order valence-corrected chi connectivity index (χ1v) is 6.26. The molecule has 0 aromatic rings. The van der Waals surface area contributed by atoms with E-state index < -0.39 is 5.91 Å². The second-order valence-electron chi connectivity index (χ2n) is 4.54. The minimum Gasteiger partial charge on any atom is -0.394 e. The summed E-state index contributed by atoms with van der Waals surface area (Å²) >= 11 is 0. The van der Waals surface area contributed by atoms with Crippen LogP contribution in [0, 0.1) is 0 Å². The Balaban J connectivity index is 1.81. The minimum atomic E-state index is -0.411. The first-order valence-electron chi connectivity index (χ1n) is 6.26. The third kappa shape index (κ3) is 3.98. The number of morpholine rings is 1. The molecule has 1 fully saturated rings. The molecule has 0 saturated carbocycles. The van der Waals surface area contributed by atoms with E-state index in [0.717, 1.165) is 13.1 Å². The lowest BCUT2D eigenvalue weighted by Crippen LogP contribution is -2.50. The van der Waals surface area contributed by atoms with E-state index in [4.69, 9.17) is 4.74 Å². The molecule has 2 rings (SSSR count). The Hall–Kier alpha value is -1.51. The van der Waals surface area contributed by atoms with Gasteiger partial charge in [-0.1, -0.05) is 0 Å². The Labute approximate surface area is 110 Å². The molecule has 8 heteroatoms. The fourth-order valence-electron chi connectivity index (χ4n) is 2.01. The number of carbonyl (C=O) groups is 2. The zero-order chi connectivity index (χ0) is 13.7. The number of hydrogen-bond donors (Lipinski definition) is 3. The predicted octanol–water partition coefficient (Wildman–Crippen LogP) is -2.33. The maximum Gasteiger partial charge on any atom is 0.268 e. The molecule has 0 aromatic carbocycles. The Morgan fingerprint density at radius 1 is 1.53 bits per heavy atom. The minimum absolute atomic E-state index is 0.0124. The van der Waals surface area contributed by atoms with Gasteiger partial charge in [0.1, 0.15) is 5.71 Å². The van der Waals surface area contributed by atoms with Crippen LogP contribution in [0.3, 0.4) is 0 Å². The summed E-state index contributed by atoms with van der Waals surface area (Å²) < 4.78 is 5.23. The number of carbonyl (C=O) groups excluding carboxylic acids is 2. The van der Waals surface area contributed by atoms with Crippen LogP contribution in [0.2, 0.25) is 0 Å². The molecule has 0 spiro atoms. The summed E-state index contributed by atoms with van der Waals surface area (Å²) in [6.45, 7) is 3.30. The summed E-state index contributed by atoms with van der Waals surface area (Å²) in [5, 5.41) is 15.6. The Morgan fingerprint density at radius 2 is 2.26 bits per heavy atom. The molecule has 2 amide bonds. The number of hydrazone groups is 1. The largest absolute Gasteiger partial charge is 0.394 e. The highest BCUT2D eigenvalue weighted by Gasteiger charge is 2.24. The van der Waals surface area contributed by atoms with Gasteiger partial charge in [-0.25, -0.2) is 5.43 Å². The molecule has 0 bridgehead atoms. The smallest absolute Gasteiger partial charge is 0.268 e. The van der Waals surface area contributed by atoms with Crippen LogP contribution in [0.25, 0.3) is 0 Å². The number of aliphatic hydroxyl groups excluding tert-OH is 1. The van der Waals surface area contributed by atoms with Crippen LogP contribution >= 0.6 is 0 Å². The lowest BCUT2D eigenvalue weighted by Gasteiger charge is -2.30. The first kappa shape index (κ1) is 13.9. The van der Waals surface area contributed by atoms with Crippen LogP contribution in [-0.4, -0.2) is 73.0 Å². The van der Waals surface area contributed by atoms with Crippen molar-refractivity contribution in [1.29, 1.82) is 0 Å². The highest BCUT2D eigenvalue weighted by Crippen LogP contribution is 2.00. The quantitative estimate of drug-likeness (QED) is 0.520. The number of nitrogens with one attached hydrogen (secondary N) is 2. The Bertz CT molecular complexity index is 379. The molecule has 2 aliphatic heterocycles. The molecule has 2 heterocycles. The van der Waals surface area contributed by atoms with Gasteiger partial charge in [0.15, 0.2) is 0 Å². The van der Waals surface area contributed by atoms with E-state index in [1.54, 1.807) is 0 Å². The van der Waals surface area contributed by atoms with Crippen LogP contribution < -0.4 is 10.7 Å². The Kier molecular flexibility index (Phi) is 4.83. The van der Waals surface area contributed by atoms with Crippen LogP contribution in [0.15, 0.2) is 5.10 Å². The highest BCUT2D eigenvalue weighted by molar-refractivity contribution is 6.43. The summed E-state index contributed by atoms with van der Waals surface area (Å²) in [6, 6.07) is -0.371. The second-order valence-corrected chi connectivity index (χ2v) is 4.54. The van der Waals surface area contributed by atoms with Crippen molar-refractivity contribution in [2.45, 2.75) is 12.5 Å². The molecule has 1 unspecified atom stereocenters. The van der Waals surface area contributed by atoms with Crippen LogP contribution in [0.4, 0.5) is 0 Å². The first-order chi connectivity index (χ1) is 9.19. The molecular formula is C11H18N4O4. The monoisotopic (exact) mass is 270 g/mol. The fourth-order valence-corrected chi connectivity index (χ4v) is 2.01. The zero-order valence-corrected chi connectivity index (χ0v) is 10.6. The number of rotatable bonds is 5. The van der Waals surface area contributed by atoms with Crippen molar-refractivity contribution < 1.29 is 19.4 Å². The van der Waals surface area contributed by atoms with Crippen molar-refractivity contribution in [2.75, 3.05) is 39.5 Å². The van der Waals surface area contributed by atoms with Gasteiger partial charge in [0.25, 0.3) is 5.91 Å². The summed E-state index contributed by atoms with van der Waals surface area (Å²) in [5.74, 6) is -0.704.